The SMILES string of the molecule is CC(C)(C)Oc1cc2ncccc2[nH]1. The van der Waals surface area contributed by atoms with E-state index in [2.05, 4.69) is 9.97 Å². The molecule has 0 amide bonds. The molecule has 0 aliphatic carbocycles. The minimum Gasteiger partial charge on any atom is -0.473 e. The van der Waals surface area contributed by atoms with Crippen molar-refractivity contribution < 1.29 is 4.74 Å². The maximum Gasteiger partial charge on any atom is 0.193 e. The lowest BCUT2D eigenvalue weighted by Gasteiger charge is -2.19. The molecule has 2 aromatic heterocycles. The summed E-state index contributed by atoms with van der Waals surface area (Å²) in [5.41, 5.74) is 1.76. The fourth-order valence-corrected chi connectivity index (χ4v) is 1.32. The van der Waals surface area contributed by atoms with Crippen molar-refractivity contribution in [2.24, 2.45) is 0 Å². The van der Waals surface area contributed by atoms with Crippen molar-refractivity contribution in [2.45, 2.75) is 26.4 Å². The Kier molecular flexibility index (Phi) is 1.95. The van der Waals surface area contributed by atoms with Gasteiger partial charge in [-0.25, -0.2) is 0 Å². The first kappa shape index (κ1) is 9.06. The highest BCUT2D eigenvalue weighted by Gasteiger charge is 2.13. The lowest BCUT2D eigenvalue weighted by atomic mass is 10.2. The molecule has 2 rings (SSSR count). The molecule has 0 bridgehead atoms. The van der Waals surface area contributed by atoms with E-state index in [1.807, 2.05) is 39.0 Å². The quantitative estimate of drug-likeness (QED) is 0.750. The number of hydrogen-bond donors (Lipinski definition) is 1. The molecule has 2 heterocycles. The van der Waals surface area contributed by atoms with Gasteiger partial charge in [0.25, 0.3) is 0 Å². The molecule has 0 saturated heterocycles. The lowest BCUT2D eigenvalue weighted by Crippen LogP contribution is -2.23. The molecule has 14 heavy (non-hydrogen) atoms. The molecule has 0 unspecified atom stereocenters. The van der Waals surface area contributed by atoms with Crippen LogP contribution in [-0.4, -0.2) is 15.6 Å². The minimum atomic E-state index is -0.180. The van der Waals surface area contributed by atoms with Crippen LogP contribution in [0.5, 0.6) is 5.88 Å². The molecule has 0 fully saturated rings. The van der Waals surface area contributed by atoms with Gasteiger partial charge in [0.05, 0.1) is 11.0 Å². The molecule has 0 atom stereocenters. The zero-order valence-corrected chi connectivity index (χ0v) is 8.66. The first-order valence-corrected chi connectivity index (χ1v) is 4.67. The van der Waals surface area contributed by atoms with Crippen molar-refractivity contribution in [1.29, 1.82) is 0 Å². The monoisotopic (exact) mass is 190 g/mol. The van der Waals surface area contributed by atoms with Gasteiger partial charge in [0.15, 0.2) is 5.88 Å². The van der Waals surface area contributed by atoms with E-state index < -0.39 is 0 Å². The Bertz CT molecular complexity index is 407. The summed E-state index contributed by atoms with van der Waals surface area (Å²) in [7, 11) is 0. The summed E-state index contributed by atoms with van der Waals surface area (Å²) in [5.74, 6) is 0.770. The summed E-state index contributed by atoms with van der Waals surface area (Å²) in [4.78, 5) is 7.39. The van der Waals surface area contributed by atoms with E-state index in [4.69, 9.17) is 4.74 Å². The van der Waals surface area contributed by atoms with Crippen molar-refractivity contribution >= 4 is 11.0 Å². The number of aromatic amines is 1. The Labute approximate surface area is 83.1 Å². The van der Waals surface area contributed by atoms with E-state index in [0.29, 0.717) is 0 Å². The van der Waals surface area contributed by atoms with Crippen LogP contribution in [0.2, 0.25) is 0 Å². The third-order valence-corrected chi connectivity index (χ3v) is 1.78. The van der Waals surface area contributed by atoms with Crippen molar-refractivity contribution in [3.63, 3.8) is 0 Å². The molecule has 0 saturated carbocycles. The summed E-state index contributed by atoms with van der Waals surface area (Å²) in [6.45, 7) is 6.06. The number of nitrogens with zero attached hydrogens (tertiary/aromatic N) is 1. The Balaban J connectivity index is 2.36. The molecule has 1 N–H and O–H groups in total. The van der Waals surface area contributed by atoms with Crippen LogP contribution in [0.25, 0.3) is 11.0 Å². The molecule has 3 heteroatoms. The number of hydrogen-bond acceptors (Lipinski definition) is 2. The summed E-state index contributed by atoms with van der Waals surface area (Å²) in [6, 6.07) is 5.80. The van der Waals surface area contributed by atoms with Crippen LogP contribution in [0.4, 0.5) is 0 Å². The van der Waals surface area contributed by atoms with E-state index in [1.54, 1.807) is 6.20 Å². The second-order valence-electron chi connectivity index (χ2n) is 4.28. The van der Waals surface area contributed by atoms with Gasteiger partial charge < -0.3 is 9.72 Å². The molecular formula is C11H14N2O. The number of ether oxygens (including phenoxy) is 1. The average molecular weight is 190 g/mol. The maximum absolute atomic E-state index is 5.69. The molecule has 0 aliphatic rings. The van der Waals surface area contributed by atoms with E-state index in [9.17, 15) is 0 Å². The van der Waals surface area contributed by atoms with Gasteiger partial charge in [0, 0.05) is 12.3 Å². The van der Waals surface area contributed by atoms with Crippen molar-refractivity contribution in [2.75, 3.05) is 0 Å². The first-order chi connectivity index (χ1) is 6.54. The Morgan fingerprint density at radius 1 is 1.36 bits per heavy atom. The van der Waals surface area contributed by atoms with Crippen LogP contribution in [0, 0.1) is 0 Å². The molecule has 0 aromatic carbocycles. The summed E-state index contributed by atoms with van der Waals surface area (Å²) in [6.07, 6.45) is 1.77. The summed E-state index contributed by atoms with van der Waals surface area (Å²) in [5, 5.41) is 0. The second kappa shape index (κ2) is 3.01. The fraction of sp³-hybridized carbons (Fsp3) is 0.364. The Morgan fingerprint density at radius 3 is 2.79 bits per heavy atom. The number of fused-ring (bicyclic) bond motifs is 1. The van der Waals surface area contributed by atoms with Crippen LogP contribution in [0.1, 0.15) is 20.8 Å². The van der Waals surface area contributed by atoms with E-state index >= 15 is 0 Å². The normalized spacial score (nSPS) is 11.9. The predicted molar refractivity (Wildman–Crippen MR) is 56.5 cm³/mol. The van der Waals surface area contributed by atoms with Gasteiger partial charge in [0.1, 0.15) is 5.60 Å². The van der Waals surface area contributed by atoms with Crippen LogP contribution in [-0.2, 0) is 0 Å². The van der Waals surface area contributed by atoms with Gasteiger partial charge in [-0.15, -0.1) is 0 Å². The highest BCUT2D eigenvalue weighted by molar-refractivity contribution is 5.76. The molecule has 3 nitrogen and oxygen atoms in total. The number of nitrogens with one attached hydrogen (secondary N) is 1. The van der Waals surface area contributed by atoms with Gasteiger partial charge >= 0.3 is 0 Å². The molecule has 0 aliphatic heterocycles. The zero-order chi connectivity index (χ0) is 10.2. The predicted octanol–water partition coefficient (Wildman–Crippen LogP) is 2.74. The first-order valence-electron chi connectivity index (χ1n) is 4.67. The second-order valence-corrected chi connectivity index (χ2v) is 4.28. The third kappa shape index (κ3) is 1.87. The number of aromatic nitrogens is 2. The van der Waals surface area contributed by atoms with Crippen molar-refractivity contribution in [1.82, 2.24) is 9.97 Å². The number of rotatable bonds is 1. The molecule has 0 radical (unpaired) electrons. The number of pyridine rings is 1. The van der Waals surface area contributed by atoms with Crippen molar-refractivity contribution in [3.8, 4) is 5.88 Å². The summed E-state index contributed by atoms with van der Waals surface area (Å²) < 4.78 is 5.69. The molecule has 2 aromatic rings. The standard InChI is InChI=1S/C11H14N2O/c1-11(2,3)14-10-7-9-8(13-10)5-4-6-12-9/h4-7,13H,1-3H3. The highest BCUT2D eigenvalue weighted by Crippen LogP contribution is 2.21. The zero-order valence-electron chi connectivity index (χ0n) is 8.66. The molecular weight excluding hydrogens is 176 g/mol. The topological polar surface area (TPSA) is 37.9 Å². The molecule has 0 spiro atoms. The fourth-order valence-electron chi connectivity index (χ4n) is 1.32. The van der Waals surface area contributed by atoms with Crippen LogP contribution < -0.4 is 4.74 Å². The van der Waals surface area contributed by atoms with Crippen LogP contribution in [0.15, 0.2) is 24.4 Å². The Hall–Kier alpha value is -1.51. The van der Waals surface area contributed by atoms with E-state index in [-0.39, 0.29) is 5.60 Å². The van der Waals surface area contributed by atoms with Gasteiger partial charge in [-0.2, -0.15) is 0 Å². The van der Waals surface area contributed by atoms with E-state index in [0.717, 1.165) is 16.9 Å². The minimum absolute atomic E-state index is 0.180. The van der Waals surface area contributed by atoms with E-state index in [1.165, 1.54) is 0 Å². The van der Waals surface area contributed by atoms with Gasteiger partial charge in [0.2, 0.25) is 0 Å². The van der Waals surface area contributed by atoms with Gasteiger partial charge in [-0.3, -0.25) is 4.98 Å². The van der Waals surface area contributed by atoms with Crippen LogP contribution in [0.3, 0.4) is 0 Å². The maximum atomic E-state index is 5.69. The Morgan fingerprint density at radius 2 is 2.14 bits per heavy atom. The van der Waals surface area contributed by atoms with Gasteiger partial charge in [-0.1, -0.05) is 0 Å². The smallest absolute Gasteiger partial charge is 0.193 e. The summed E-state index contributed by atoms with van der Waals surface area (Å²) >= 11 is 0. The van der Waals surface area contributed by atoms with Gasteiger partial charge in [-0.05, 0) is 32.9 Å². The average Bonchev–Trinajstić information content (AvgIpc) is 2.42. The third-order valence-electron chi connectivity index (χ3n) is 1.78. The largest absolute Gasteiger partial charge is 0.473 e. The molecule has 74 valence electrons. The van der Waals surface area contributed by atoms with Crippen LogP contribution >= 0.6 is 0 Å². The lowest BCUT2D eigenvalue weighted by molar-refractivity contribution is 0.125. The number of H-pyrrole nitrogens is 1. The van der Waals surface area contributed by atoms with Crippen molar-refractivity contribution in [3.05, 3.63) is 24.4 Å². The highest BCUT2D eigenvalue weighted by atomic mass is 16.5.